The number of nitro benzene ring substituents is 1. The molecule has 0 saturated heterocycles. The molecule has 1 aromatic carbocycles. The third kappa shape index (κ3) is 2.63. The second-order valence-electron chi connectivity index (χ2n) is 3.05. The Labute approximate surface area is 85.5 Å². The summed E-state index contributed by atoms with van der Waals surface area (Å²) in [6, 6.07) is 3.25. The molecule has 1 unspecified atom stereocenters. The van der Waals surface area contributed by atoms with Crippen LogP contribution >= 0.6 is 0 Å². The Balaban J connectivity index is 3.04. The molecule has 15 heavy (non-hydrogen) atoms. The normalized spacial score (nSPS) is 12.4. The molecule has 1 atom stereocenters. The molecule has 0 aliphatic carbocycles. The minimum atomic E-state index is -1.48. The van der Waals surface area contributed by atoms with Crippen LogP contribution in [0.1, 0.15) is 18.2 Å². The van der Waals surface area contributed by atoms with Crippen molar-refractivity contribution >= 4 is 5.69 Å². The zero-order valence-electron chi connectivity index (χ0n) is 7.89. The molecular formula is C9H11FN2O3. The molecule has 3 N–H and O–H groups in total. The van der Waals surface area contributed by atoms with Crippen LogP contribution < -0.4 is 5.73 Å². The fourth-order valence-electron chi connectivity index (χ4n) is 1.21. The van der Waals surface area contributed by atoms with Crippen LogP contribution in [0, 0.1) is 10.1 Å². The molecule has 1 rings (SSSR count). The lowest BCUT2D eigenvalue weighted by Gasteiger charge is -2.08. The van der Waals surface area contributed by atoms with E-state index in [0.717, 1.165) is 18.2 Å². The summed E-state index contributed by atoms with van der Waals surface area (Å²) in [6.07, 6.45) is -1.45. The first-order chi connectivity index (χ1) is 7.06. The summed E-state index contributed by atoms with van der Waals surface area (Å²) in [5.74, 6) is -0.290. The molecule has 0 fully saturated rings. The smallest absolute Gasteiger partial charge is 0.270 e. The van der Waals surface area contributed by atoms with E-state index in [1.165, 1.54) is 0 Å². The third-order valence-electron chi connectivity index (χ3n) is 1.98. The van der Waals surface area contributed by atoms with Crippen LogP contribution in [0.3, 0.4) is 0 Å². The summed E-state index contributed by atoms with van der Waals surface area (Å²) in [5, 5.41) is 19.7. The molecule has 0 heterocycles. The number of non-ortho nitro benzene ring substituents is 1. The highest BCUT2D eigenvalue weighted by Gasteiger charge is 2.17. The Bertz CT molecular complexity index is 370. The zero-order valence-corrected chi connectivity index (χ0v) is 7.89. The van der Waals surface area contributed by atoms with E-state index in [2.05, 4.69) is 0 Å². The minimum Gasteiger partial charge on any atom is -0.508 e. The van der Waals surface area contributed by atoms with Crippen molar-refractivity contribution in [2.24, 2.45) is 5.73 Å². The topological polar surface area (TPSA) is 89.4 Å². The molecule has 0 saturated carbocycles. The number of phenols is 1. The van der Waals surface area contributed by atoms with Gasteiger partial charge in [0, 0.05) is 17.7 Å². The maximum atomic E-state index is 13.4. The Morgan fingerprint density at radius 1 is 1.60 bits per heavy atom. The lowest BCUT2D eigenvalue weighted by Crippen LogP contribution is -2.04. The predicted octanol–water partition coefficient (Wildman–Crippen LogP) is 1.66. The largest absolute Gasteiger partial charge is 0.508 e. The summed E-state index contributed by atoms with van der Waals surface area (Å²) in [5.41, 5.74) is 4.82. The van der Waals surface area contributed by atoms with Crippen molar-refractivity contribution in [3.05, 3.63) is 33.9 Å². The van der Waals surface area contributed by atoms with Crippen LogP contribution in [-0.2, 0) is 0 Å². The first kappa shape index (κ1) is 11.4. The lowest BCUT2D eigenvalue weighted by atomic mass is 10.1. The minimum absolute atomic E-state index is 0.0225. The highest BCUT2D eigenvalue weighted by Crippen LogP contribution is 2.31. The van der Waals surface area contributed by atoms with Gasteiger partial charge in [0.05, 0.1) is 4.92 Å². The maximum Gasteiger partial charge on any atom is 0.270 e. The number of nitro groups is 1. The first-order valence-electron chi connectivity index (χ1n) is 4.37. The van der Waals surface area contributed by atoms with E-state index in [1.54, 1.807) is 0 Å². The molecule has 0 aliphatic heterocycles. The molecule has 1 aromatic rings. The van der Waals surface area contributed by atoms with Gasteiger partial charge in [0.2, 0.25) is 0 Å². The molecule has 82 valence electrons. The van der Waals surface area contributed by atoms with Gasteiger partial charge < -0.3 is 10.8 Å². The van der Waals surface area contributed by atoms with Crippen molar-refractivity contribution in [2.75, 3.05) is 6.54 Å². The Morgan fingerprint density at radius 2 is 2.27 bits per heavy atom. The highest BCUT2D eigenvalue weighted by molar-refractivity contribution is 5.44. The van der Waals surface area contributed by atoms with Crippen molar-refractivity contribution < 1.29 is 14.4 Å². The van der Waals surface area contributed by atoms with E-state index in [1.807, 2.05) is 0 Å². The Kier molecular flexibility index (Phi) is 3.56. The highest BCUT2D eigenvalue weighted by atomic mass is 19.1. The molecule has 0 amide bonds. The summed E-state index contributed by atoms with van der Waals surface area (Å²) >= 11 is 0. The van der Waals surface area contributed by atoms with E-state index in [-0.39, 0.29) is 30.0 Å². The molecule has 0 aliphatic rings. The average Bonchev–Trinajstić information content (AvgIpc) is 2.18. The fourth-order valence-corrected chi connectivity index (χ4v) is 1.21. The second-order valence-corrected chi connectivity index (χ2v) is 3.05. The number of rotatable bonds is 4. The van der Waals surface area contributed by atoms with Crippen molar-refractivity contribution in [1.29, 1.82) is 0 Å². The van der Waals surface area contributed by atoms with Crippen LogP contribution in [0.5, 0.6) is 5.75 Å². The molecule has 0 bridgehead atoms. The summed E-state index contributed by atoms with van der Waals surface area (Å²) in [7, 11) is 0. The van der Waals surface area contributed by atoms with Gasteiger partial charge in [0.15, 0.2) is 0 Å². The van der Waals surface area contributed by atoms with Gasteiger partial charge in [0.1, 0.15) is 11.9 Å². The Hall–Kier alpha value is -1.69. The van der Waals surface area contributed by atoms with Gasteiger partial charge in [0.25, 0.3) is 5.69 Å². The summed E-state index contributed by atoms with van der Waals surface area (Å²) in [4.78, 5) is 9.78. The standard InChI is InChI=1S/C9H11FN2O3/c10-8(3-4-11)7-5-6(12(14)15)1-2-9(7)13/h1-2,5,8,13H,3-4,11H2. The maximum absolute atomic E-state index is 13.4. The van der Waals surface area contributed by atoms with Crippen LogP contribution in [0.15, 0.2) is 18.2 Å². The molecule has 0 radical (unpaired) electrons. The number of aromatic hydroxyl groups is 1. The van der Waals surface area contributed by atoms with Gasteiger partial charge in [-0.3, -0.25) is 10.1 Å². The lowest BCUT2D eigenvalue weighted by molar-refractivity contribution is -0.385. The van der Waals surface area contributed by atoms with Gasteiger partial charge in [-0.1, -0.05) is 0 Å². The average molecular weight is 214 g/mol. The van der Waals surface area contributed by atoms with Gasteiger partial charge in [-0.25, -0.2) is 4.39 Å². The second kappa shape index (κ2) is 4.70. The van der Waals surface area contributed by atoms with E-state index in [4.69, 9.17) is 5.73 Å². The van der Waals surface area contributed by atoms with Crippen molar-refractivity contribution in [3.63, 3.8) is 0 Å². The van der Waals surface area contributed by atoms with Crippen molar-refractivity contribution in [1.82, 2.24) is 0 Å². The number of nitrogens with two attached hydrogens (primary N) is 1. The van der Waals surface area contributed by atoms with Gasteiger partial charge in [-0.05, 0) is 19.0 Å². The number of nitrogens with zero attached hydrogens (tertiary/aromatic N) is 1. The number of alkyl halides is 1. The fraction of sp³-hybridized carbons (Fsp3) is 0.333. The van der Waals surface area contributed by atoms with Crippen LogP contribution in [-0.4, -0.2) is 16.6 Å². The predicted molar refractivity (Wildman–Crippen MR) is 52.3 cm³/mol. The van der Waals surface area contributed by atoms with E-state index >= 15 is 0 Å². The van der Waals surface area contributed by atoms with E-state index in [9.17, 15) is 19.6 Å². The first-order valence-corrected chi connectivity index (χ1v) is 4.37. The van der Waals surface area contributed by atoms with Gasteiger partial charge >= 0.3 is 0 Å². The molecule has 6 heteroatoms. The summed E-state index contributed by atoms with van der Waals surface area (Å²) < 4.78 is 13.4. The quantitative estimate of drug-likeness (QED) is 0.589. The molecule has 0 spiro atoms. The van der Waals surface area contributed by atoms with Crippen molar-refractivity contribution in [3.8, 4) is 5.75 Å². The zero-order chi connectivity index (χ0) is 11.4. The number of hydrogen-bond acceptors (Lipinski definition) is 4. The van der Waals surface area contributed by atoms with Crippen LogP contribution in [0.4, 0.5) is 10.1 Å². The van der Waals surface area contributed by atoms with Gasteiger partial charge in [-0.2, -0.15) is 0 Å². The van der Waals surface area contributed by atoms with Gasteiger partial charge in [-0.15, -0.1) is 0 Å². The van der Waals surface area contributed by atoms with E-state index < -0.39 is 11.1 Å². The number of phenolic OH excluding ortho intramolecular Hbond substituents is 1. The number of hydrogen-bond donors (Lipinski definition) is 2. The monoisotopic (exact) mass is 214 g/mol. The SMILES string of the molecule is NCCC(F)c1cc([N+](=O)[O-])ccc1O. The number of halogens is 1. The number of benzene rings is 1. The Morgan fingerprint density at radius 3 is 2.80 bits per heavy atom. The molecule has 0 aromatic heterocycles. The third-order valence-corrected chi connectivity index (χ3v) is 1.98. The van der Waals surface area contributed by atoms with Crippen LogP contribution in [0.2, 0.25) is 0 Å². The molecular weight excluding hydrogens is 203 g/mol. The van der Waals surface area contributed by atoms with Crippen molar-refractivity contribution in [2.45, 2.75) is 12.6 Å². The van der Waals surface area contributed by atoms with E-state index in [0.29, 0.717) is 0 Å². The van der Waals surface area contributed by atoms with Crippen LogP contribution in [0.25, 0.3) is 0 Å². The summed E-state index contributed by atoms with van der Waals surface area (Å²) in [6.45, 7) is 0.114. The molecule has 5 nitrogen and oxygen atoms in total.